The van der Waals surface area contributed by atoms with Crippen molar-refractivity contribution < 1.29 is 28.2 Å². The van der Waals surface area contributed by atoms with E-state index in [1.165, 1.54) is 3.58 Å². The Morgan fingerprint density at radius 2 is 1.81 bits per heavy atom. The summed E-state index contributed by atoms with van der Waals surface area (Å²) >= 11 is 2.32. The second kappa shape index (κ2) is 13.9. The number of hydrogen-bond acceptors (Lipinski definition) is 6. The van der Waals surface area contributed by atoms with E-state index in [9.17, 15) is 4.79 Å². The van der Waals surface area contributed by atoms with Crippen LogP contribution < -0.4 is 9.47 Å². The Hall–Kier alpha value is -1.46. The number of halogens is 1. The molecule has 1 aliphatic carbocycles. The highest BCUT2D eigenvalue weighted by atomic mass is 127. The highest BCUT2D eigenvalue weighted by Crippen LogP contribution is 2.52. The van der Waals surface area contributed by atoms with Gasteiger partial charge in [-0.1, -0.05) is 52.8 Å². The molecular weight excluding hydrogens is 671 g/mol. The van der Waals surface area contributed by atoms with Crippen molar-refractivity contribution in [1.82, 2.24) is 0 Å². The Labute approximate surface area is 274 Å². The first kappa shape index (κ1) is 36.0. The van der Waals surface area contributed by atoms with Crippen molar-refractivity contribution in [2.45, 2.75) is 110 Å². The molecule has 5 atom stereocenters. The number of hydrogen-bond donors (Lipinski definition) is 0. The number of Topliss-reactive ketones (excluding diaryl/α,β-unsaturated/α-hetero) is 1. The largest absolute Gasteiger partial charge is 0.493 e. The predicted octanol–water partition coefficient (Wildman–Crippen LogP) is 8.99. The Kier molecular flexibility index (Phi) is 11.6. The predicted molar refractivity (Wildman–Crippen MR) is 186 cm³/mol. The lowest BCUT2D eigenvalue weighted by Crippen LogP contribution is -2.49. The van der Waals surface area contributed by atoms with Gasteiger partial charge in [0.15, 0.2) is 25.6 Å². The summed E-state index contributed by atoms with van der Waals surface area (Å²) in [4.78, 5) is 14.5. The third kappa shape index (κ3) is 8.04. The minimum atomic E-state index is -2.21. The highest BCUT2D eigenvalue weighted by Gasteiger charge is 2.59. The molecule has 0 aromatic heterocycles. The Balaban J connectivity index is 2.03. The number of carbonyl (C=O) groups excluding carboxylic acids is 1. The van der Waals surface area contributed by atoms with Gasteiger partial charge in [-0.3, -0.25) is 4.79 Å². The van der Waals surface area contributed by atoms with Gasteiger partial charge in [0, 0.05) is 11.0 Å². The molecule has 240 valence electrons. The molecule has 0 unspecified atom stereocenters. The minimum absolute atomic E-state index is 0.00188. The Morgan fingerprint density at radius 1 is 1.16 bits per heavy atom. The number of rotatable bonds is 14. The van der Waals surface area contributed by atoms with E-state index in [0.29, 0.717) is 24.7 Å². The number of methoxy groups -OCH3 is 2. The third-order valence-corrected chi connectivity index (χ3v) is 14.9. The molecule has 1 heterocycles. The minimum Gasteiger partial charge on any atom is -0.493 e. The standard InChI is InChI=1S/C35H53IO6Si/c1-13-34(7)23(2)19-29(42-43(11,12)33(4,5)6)30(31(37)32-35(8,41-32)18-14-15-24(3)36)26(34)22-40-21-25-16-17-27(38-9)28(20-25)39-10/h13,15-17,20,23,29,32H,1,14,18-19,21-22H2,2-12H3/b24-15+/t23-,29-,32-,34+,35-/m1/s1. The van der Waals surface area contributed by atoms with Crippen LogP contribution in [0, 0.1) is 11.3 Å². The summed E-state index contributed by atoms with van der Waals surface area (Å²) in [6.45, 7) is 24.7. The topological polar surface area (TPSA) is 66.5 Å². The summed E-state index contributed by atoms with van der Waals surface area (Å²) in [6, 6.07) is 5.77. The molecule has 6 nitrogen and oxygen atoms in total. The van der Waals surface area contributed by atoms with Crippen LogP contribution in [0.4, 0.5) is 0 Å². The van der Waals surface area contributed by atoms with Crippen LogP contribution in [-0.2, 0) is 25.3 Å². The maximum Gasteiger partial charge on any atom is 0.193 e. The van der Waals surface area contributed by atoms with Crippen molar-refractivity contribution in [3.63, 3.8) is 0 Å². The zero-order valence-corrected chi connectivity index (χ0v) is 31.3. The van der Waals surface area contributed by atoms with Gasteiger partial charge in [0.25, 0.3) is 0 Å². The number of ether oxygens (including phenoxy) is 4. The molecule has 8 heteroatoms. The van der Waals surface area contributed by atoms with Gasteiger partial charge < -0.3 is 23.4 Å². The smallest absolute Gasteiger partial charge is 0.193 e. The van der Waals surface area contributed by atoms with E-state index in [-0.39, 0.29) is 22.8 Å². The summed E-state index contributed by atoms with van der Waals surface area (Å²) in [5.74, 6) is 1.57. The molecule has 0 bridgehead atoms. The van der Waals surface area contributed by atoms with Crippen molar-refractivity contribution in [3.8, 4) is 11.5 Å². The maximum atomic E-state index is 14.5. The Morgan fingerprint density at radius 3 is 2.37 bits per heavy atom. The van der Waals surface area contributed by atoms with Crippen LogP contribution in [0.3, 0.4) is 0 Å². The maximum absolute atomic E-state index is 14.5. The average molecular weight is 725 g/mol. The fourth-order valence-corrected chi connectivity index (χ4v) is 7.26. The number of epoxide rings is 1. The van der Waals surface area contributed by atoms with E-state index in [1.54, 1.807) is 14.2 Å². The molecule has 1 saturated heterocycles. The molecule has 1 aliphatic heterocycles. The van der Waals surface area contributed by atoms with Crippen LogP contribution in [0.1, 0.15) is 73.3 Å². The van der Waals surface area contributed by atoms with Crippen molar-refractivity contribution in [2.24, 2.45) is 11.3 Å². The van der Waals surface area contributed by atoms with Crippen molar-refractivity contribution in [1.29, 1.82) is 0 Å². The lowest BCUT2D eigenvalue weighted by molar-refractivity contribution is -0.118. The van der Waals surface area contributed by atoms with E-state index in [4.69, 9.17) is 23.4 Å². The summed E-state index contributed by atoms with van der Waals surface area (Å²) in [7, 11) is 1.04. The zero-order valence-electron chi connectivity index (χ0n) is 28.2. The summed E-state index contributed by atoms with van der Waals surface area (Å²) in [5.41, 5.74) is 1.74. The zero-order chi connectivity index (χ0) is 32.4. The number of benzene rings is 1. The van der Waals surface area contributed by atoms with E-state index < -0.39 is 25.4 Å². The van der Waals surface area contributed by atoms with E-state index >= 15 is 0 Å². The molecule has 0 radical (unpaired) electrons. The molecule has 2 aliphatic rings. The van der Waals surface area contributed by atoms with Crippen molar-refractivity contribution in [2.75, 3.05) is 20.8 Å². The first-order valence-corrected chi connectivity index (χ1v) is 19.3. The fraction of sp³-hybridized carbons (Fsp3) is 0.629. The van der Waals surface area contributed by atoms with Crippen LogP contribution in [0.2, 0.25) is 18.1 Å². The van der Waals surface area contributed by atoms with E-state index in [0.717, 1.165) is 36.0 Å². The van der Waals surface area contributed by atoms with Gasteiger partial charge in [-0.05, 0) is 107 Å². The second-order valence-corrected chi connectivity index (χ2v) is 20.5. The fourth-order valence-electron chi connectivity index (χ4n) is 5.67. The molecule has 0 N–H and O–H groups in total. The van der Waals surface area contributed by atoms with Crippen LogP contribution in [0.25, 0.3) is 0 Å². The highest BCUT2D eigenvalue weighted by molar-refractivity contribution is 14.1. The molecule has 0 amide bonds. The first-order chi connectivity index (χ1) is 19.9. The third-order valence-electron chi connectivity index (χ3n) is 9.97. The lowest BCUT2D eigenvalue weighted by atomic mass is 9.63. The molecule has 3 rings (SSSR count). The number of carbonyl (C=O) groups is 1. The van der Waals surface area contributed by atoms with Gasteiger partial charge in [-0.15, -0.1) is 6.58 Å². The molecule has 1 aromatic carbocycles. The SMILES string of the molecule is C=C[C@]1(C)C(COCc2ccc(OC)c(OC)c2)=C(C(=O)[C@H]2O[C@]2(C)CC/C=C(\C)I)[C@H](O[Si](C)(C)C(C)(C)C)C[C@H]1C. The van der Waals surface area contributed by atoms with Crippen molar-refractivity contribution >= 4 is 36.7 Å². The first-order valence-electron chi connectivity index (χ1n) is 15.3. The Bertz CT molecular complexity index is 1240. The summed E-state index contributed by atoms with van der Waals surface area (Å²) in [6.07, 6.45) is 5.80. The van der Waals surface area contributed by atoms with Gasteiger partial charge in [-0.25, -0.2) is 0 Å². The molecule has 0 spiro atoms. The van der Waals surface area contributed by atoms with Gasteiger partial charge in [0.1, 0.15) is 11.7 Å². The van der Waals surface area contributed by atoms with E-state index in [1.807, 2.05) is 24.3 Å². The molecule has 0 saturated carbocycles. The molecule has 43 heavy (non-hydrogen) atoms. The molecular formula is C35H53IO6Si. The van der Waals surface area contributed by atoms with Crippen LogP contribution in [0.5, 0.6) is 11.5 Å². The number of ketones is 1. The summed E-state index contributed by atoms with van der Waals surface area (Å²) < 4.78 is 31.8. The monoisotopic (exact) mass is 724 g/mol. The summed E-state index contributed by atoms with van der Waals surface area (Å²) in [5, 5.41) is 0.00188. The van der Waals surface area contributed by atoms with Crippen molar-refractivity contribution in [3.05, 3.63) is 57.2 Å². The van der Waals surface area contributed by atoms with Crippen LogP contribution in [0.15, 0.2) is 51.7 Å². The second-order valence-electron chi connectivity index (χ2n) is 14.1. The lowest BCUT2D eigenvalue weighted by Gasteiger charge is -2.47. The quantitative estimate of drug-likeness (QED) is 0.0827. The van der Waals surface area contributed by atoms with Crippen LogP contribution in [-0.4, -0.2) is 52.7 Å². The molecule has 1 fully saturated rings. The van der Waals surface area contributed by atoms with Gasteiger partial charge in [-0.2, -0.15) is 0 Å². The normalized spacial score (nSPS) is 28.1. The van der Waals surface area contributed by atoms with E-state index in [2.05, 4.69) is 96.8 Å². The average Bonchev–Trinajstić information content (AvgIpc) is 3.60. The van der Waals surface area contributed by atoms with Gasteiger partial charge in [0.2, 0.25) is 0 Å². The van der Waals surface area contributed by atoms with Gasteiger partial charge >= 0.3 is 0 Å². The molecule has 1 aromatic rings. The van der Waals surface area contributed by atoms with Gasteiger partial charge in [0.05, 0.1) is 33.5 Å². The number of allylic oxidation sites excluding steroid dienone is 3. The van der Waals surface area contributed by atoms with Crippen LogP contribution >= 0.6 is 22.6 Å².